The molecule has 0 amide bonds. The Hall–Kier alpha value is -0.370. The lowest BCUT2D eigenvalue weighted by Crippen LogP contribution is -2.38. The number of nitrogens with zero attached hydrogens (tertiary/aromatic N) is 2. The second-order valence-corrected chi connectivity index (χ2v) is 5.39. The number of aliphatic hydroxyl groups is 1. The van der Waals surface area contributed by atoms with Gasteiger partial charge in [-0.15, -0.1) is 4.37 Å². The van der Waals surface area contributed by atoms with Gasteiger partial charge in [-0.25, -0.2) is 0 Å². The minimum atomic E-state index is -0.493. The van der Waals surface area contributed by atoms with Crippen LogP contribution in [0.3, 0.4) is 0 Å². The zero-order valence-electron chi connectivity index (χ0n) is 8.83. The molecule has 5 nitrogen and oxygen atoms in total. The van der Waals surface area contributed by atoms with E-state index in [1.165, 1.54) is 12.2 Å². The number of aromatic nitrogens is 2. The van der Waals surface area contributed by atoms with Crippen LogP contribution >= 0.6 is 23.5 Å². The molecule has 0 saturated carbocycles. The Morgan fingerprint density at radius 3 is 3.31 bits per heavy atom. The smallest absolute Gasteiger partial charge is 0.245 e. The molecule has 1 fully saturated rings. The molecule has 0 spiro atoms. The summed E-state index contributed by atoms with van der Waals surface area (Å²) in [5.74, 6) is 2.85. The average molecular weight is 261 g/mol. The zero-order valence-corrected chi connectivity index (χ0v) is 10.5. The van der Waals surface area contributed by atoms with E-state index >= 15 is 0 Å². The van der Waals surface area contributed by atoms with Gasteiger partial charge < -0.3 is 15.2 Å². The number of thioether (sulfide) groups is 1. The Balaban J connectivity index is 1.58. The Kier molecular flexibility index (Phi) is 4.83. The lowest BCUT2D eigenvalue weighted by Gasteiger charge is -2.15. The first kappa shape index (κ1) is 12.1. The van der Waals surface area contributed by atoms with E-state index in [9.17, 15) is 5.11 Å². The molecule has 1 aliphatic rings. The number of nitrogens with one attached hydrogen (secondary N) is 1. The first-order chi connectivity index (χ1) is 7.84. The summed E-state index contributed by atoms with van der Waals surface area (Å²) in [7, 11) is 0. The highest BCUT2D eigenvalue weighted by atomic mass is 32.2. The van der Waals surface area contributed by atoms with Crippen molar-refractivity contribution in [2.24, 2.45) is 0 Å². The molecule has 7 heteroatoms. The maximum atomic E-state index is 9.67. The van der Waals surface area contributed by atoms with Crippen molar-refractivity contribution in [2.45, 2.75) is 18.6 Å². The number of rotatable bonds is 6. The molecule has 16 heavy (non-hydrogen) atoms. The van der Waals surface area contributed by atoms with Crippen LogP contribution in [0, 0.1) is 0 Å². The molecular formula is C9H15N3O2S2. The summed E-state index contributed by atoms with van der Waals surface area (Å²) < 4.78 is 13.0. The van der Waals surface area contributed by atoms with Crippen molar-refractivity contribution < 1.29 is 9.84 Å². The molecule has 0 bridgehead atoms. The minimum Gasteiger partial charge on any atom is -0.473 e. The monoisotopic (exact) mass is 261 g/mol. The quantitative estimate of drug-likeness (QED) is 0.771. The SMILES string of the molecule is OC(CNC1CCSC1)COc1cnsn1. The Labute approximate surface area is 103 Å². The fourth-order valence-electron chi connectivity index (χ4n) is 1.46. The molecule has 0 aromatic carbocycles. The van der Waals surface area contributed by atoms with Gasteiger partial charge in [0.1, 0.15) is 18.9 Å². The lowest BCUT2D eigenvalue weighted by molar-refractivity contribution is 0.102. The van der Waals surface area contributed by atoms with Gasteiger partial charge in [0, 0.05) is 18.3 Å². The van der Waals surface area contributed by atoms with Crippen molar-refractivity contribution >= 4 is 23.5 Å². The number of aliphatic hydroxyl groups excluding tert-OH is 1. The van der Waals surface area contributed by atoms with Gasteiger partial charge in [0.15, 0.2) is 0 Å². The van der Waals surface area contributed by atoms with Crippen LogP contribution in [0.1, 0.15) is 6.42 Å². The molecule has 1 aromatic heterocycles. The summed E-state index contributed by atoms with van der Waals surface area (Å²) in [5.41, 5.74) is 0. The van der Waals surface area contributed by atoms with Gasteiger partial charge in [0.05, 0.1) is 11.7 Å². The molecule has 2 unspecified atom stereocenters. The zero-order chi connectivity index (χ0) is 11.2. The Bertz CT molecular complexity index is 291. The molecule has 1 aromatic rings. The summed E-state index contributed by atoms with van der Waals surface area (Å²) in [4.78, 5) is 0. The van der Waals surface area contributed by atoms with Gasteiger partial charge in [-0.05, 0) is 12.2 Å². The topological polar surface area (TPSA) is 67.3 Å². The van der Waals surface area contributed by atoms with Crippen LogP contribution < -0.4 is 10.1 Å². The van der Waals surface area contributed by atoms with Crippen molar-refractivity contribution in [3.8, 4) is 5.88 Å². The predicted octanol–water partition coefficient (Wildman–Crippen LogP) is 0.373. The lowest BCUT2D eigenvalue weighted by atomic mass is 10.2. The molecule has 2 heterocycles. The van der Waals surface area contributed by atoms with E-state index in [-0.39, 0.29) is 6.61 Å². The summed E-state index contributed by atoms with van der Waals surface area (Å²) in [6.45, 7) is 0.834. The molecular weight excluding hydrogens is 246 g/mol. The van der Waals surface area contributed by atoms with Gasteiger partial charge in [0.2, 0.25) is 5.88 Å². The largest absolute Gasteiger partial charge is 0.473 e. The van der Waals surface area contributed by atoms with Gasteiger partial charge >= 0.3 is 0 Å². The van der Waals surface area contributed by atoms with E-state index in [0.29, 0.717) is 18.5 Å². The van der Waals surface area contributed by atoms with Crippen LogP contribution in [-0.4, -0.2) is 50.7 Å². The molecule has 2 rings (SSSR count). The Morgan fingerprint density at radius 2 is 2.62 bits per heavy atom. The first-order valence-corrected chi connectivity index (χ1v) is 7.12. The second kappa shape index (κ2) is 6.39. The maximum Gasteiger partial charge on any atom is 0.245 e. The number of hydrogen-bond acceptors (Lipinski definition) is 7. The third kappa shape index (κ3) is 3.89. The maximum absolute atomic E-state index is 9.67. The van der Waals surface area contributed by atoms with Gasteiger partial charge in [-0.1, -0.05) is 0 Å². The van der Waals surface area contributed by atoms with Crippen LogP contribution in [0.25, 0.3) is 0 Å². The highest BCUT2D eigenvalue weighted by Gasteiger charge is 2.16. The summed E-state index contributed by atoms with van der Waals surface area (Å²) in [6.07, 6.45) is 2.25. The number of hydrogen-bond donors (Lipinski definition) is 2. The van der Waals surface area contributed by atoms with E-state index < -0.39 is 6.10 Å². The van der Waals surface area contributed by atoms with Gasteiger partial charge in [-0.3, -0.25) is 0 Å². The molecule has 1 saturated heterocycles. The molecule has 0 aliphatic carbocycles. The van der Waals surface area contributed by atoms with Crippen molar-refractivity contribution in [2.75, 3.05) is 24.7 Å². The molecule has 0 radical (unpaired) electrons. The van der Waals surface area contributed by atoms with Crippen LogP contribution in [0.5, 0.6) is 5.88 Å². The van der Waals surface area contributed by atoms with E-state index in [2.05, 4.69) is 14.1 Å². The van der Waals surface area contributed by atoms with E-state index in [1.54, 1.807) is 6.20 Å². The summed E-state index contributed by atoms with van der Waals surface area (Å²) in [5, 5.41) is 13.0. The van der Waals surface area contributed by atoms with E-state index in [0.717, 1.165) is 17.5 Å². The van der Waals surface area contributed by atoms with Crippen molar-refractivity contribution in [3.63, 3.8) is 0 Å². The molecule has 90 valence electrons. The third-order valence-electron chi connectivity index (χ3n) is 2.34. The second-order valence-electron chi connectivity index (χ2n) is 3.68. The molecule has 2 atom stereocenters. The number of ether oxygens (including phenoxy) is 1. The van der Waals surface area contributed by atoms with Crippen molar-refractivity contribution in [1.82, 2.24) is 14.1 Å². The van der Waals surface area contributed by atoms with Crippen LogP contribution in [0.4, 0.5) is 0 Å². The average Bonchev–Trinajstić information content (AvgIpc) is 2.96. The van der Waals surface area contributed by atoms with Crippen LogP contribution in [0.2, 0.25) is 0 Å². The Morgan fingerprint density at radius 1 is 1.69 bits per heavy atom. The normalized spacial score (nSPS) is 22.2. The minimum absolute atomic E-state index is 0.262. The third-order valence-corrected chi connectivity index (χ3v) is 3.96. The van der Waals surface area contributed by atoms with Gasteiger partial charge in [-0.2, -0.15) is 16.1 Å². The highest BCUT2D eigenvalue weighted by molar-refractivity contribution is 7.99. The summed E-state index contributed by atoms with van der Waals surface area (Å²) in [6, 6.07) is 0.542. The predicted molar refractivity (Wildman–Crippen MR) is 65.1 cm³/mol. The van der Waals surface area contributed by atoms with Crippen LogP contribution in [-0.2, 0) is 0 Å². The fourth-order valence-corrected chi connectivity index (χ4v) is 3.01. The van der Waals surface area contributed by atoms with E-state index in [1.807, 2.05) is 11.8 Å². The molecule has 1 aliphatic heterocycles. The highest BCUT2D eigenvalue weighted by Crippen LogP contribution is 2.16. The summed E-state index contributed by atoms with van der Waals surface area (Å²) >= 11 is 3.05. The van der Waals surface area contributed by atoms with Crippen LogP contribution in [0.15, 0.2) is 6.20 Å². The standard InChI is InChI=1S/C9H15N3O2S2/c13-8(3-10-7-1-2-15-6-7)5-14-9-4-11-16-12-9/h4,7-8,10,13H,1-3,5-6H2. The van der Waals surface area contributed by atoms with Crippen molar-refractivity contribution in [3.05, 3.63) is 6.20 Å². The fraction of sp³-hybridized carbons (Fsp3) is 0.778. The van der Waals surface area contributed by atoms with E-state index in [4.69, 9.17) is 4.74 Å². The molecule has 2 N–H and O–H groups in total. The first-order valence-electron chi connectivity index (χ1n) is 5.24. The van der Waals surface area contributed by atoms with Crippen molar-refractivity contribution in [1.29, 1.82) is 0 Å². The van der Waals surface area contributed by atoms with Gasteiger partial charge in [0.25, 0.3) is 0 Å².